The first kappa shape index (κ1) is 11.4. The molecule has 17 heavy (non-hydrogen) atoms. The molecule has 2 aromatic rings. The van der Waals surface area contributed by atoms with Gasteiger partial charge in [0.05, 0.1) is 19.9 Å². The van der Waals surface area contributed by atoms with Crippen LogP contribution < -0.4 is 9.47 Å². The summed E-state index contributed by atoms with van der Waals surface area (Å²) in [5, 5.41) is 0. The molecule has 4 nitrogen and oxygen atoms in total. The monoisotopic (exact) mass is 230 g/mol. The van der Waals surface area contributed by atoms with Crippen molar-refractivity contribution in [3.05, 3.63) is 36.2 Å². The SMILES string of the molecule is COc1cc(-c2cc(C)ccn2)cnc1OC. The number of rotatable bonds is 3. The fourth-order valence-electron chi connectivity index (χ4n) is 1.57. The number of pyridine rings is 2. The molecular weight excluding hydrogens is 216 g/mol. The molecule has 2 aromatic heterocycles. The lowest BCUT2D eigenvalue weighted by Crippen LogP contribution is -1.94. The van der Waals surface area contributed by atoms with Crippen LogP contribution in [0.15, 0.2) is 30.6 Å². The van der Waals surface area contributed by atoms with Crippen LogP contribution in [-0.2, 0) is 0 Å². The quantitative estimate of drug-likeness (QED) is 0.812. The Labute approximate surface area is 100 Å². The molecule has 0 saturated carbocycles. The van der Waals surface area contributed by atoms with Crippen molar-refractivity contribution in [3.63, 3.8) is 0 Å². The van der Waals surface area contributed by atoms with Gasteiger partial charge in [0.2, 0.25) is 0 Å². The summed E-state index contributed by atoms with van der Waals surface area (Å²) < 4.78 is 10.3. The van der Waals surface area contributed by atoms with Gasteiger partial charge in [-0.05, 0) is 30.7 Å². The summed E-state index contributed by atoms with van der Waals surface area (Å²) in [5.41, 5.74) is 2.94. The van der Waals surface area contributed by atoms with E-state index in [4.69, 9.17) is 9.47 Å². The van der Waals surface area contributed by atoms with Crippen molar-refractivity contribution in [2.75, 3.05) is 14.2 Å². The minimum atomic E-state index is 0.476. The minimum Gasteiger partial charge on any atom is -0.491 e. The smallest absolute Gasteiger partial charge is 0.256 e. The molecule has 0 saturated heterocycles. The fraction of sp³-hybridized carbons (Fsp3) is 0.231. The van der Waals surface area contributed by atoms with E-state index in [0.29, 0.717) is 11.6 Å². The maximum absolute atomic E-state index is 5.21. The molecule has 0 N–H and O–H groups in total. The highest BCUT2D eigenvalue weighted by Gasteiger charge is 2.08. The van der Waals surface area contributed by atoms with Gasteiger partial charge in [-0.2, -0.15) is 0 Å². The van der Waals surface area contributed by atoms with E-state index in [2.05, 4.69) is 9.97 Å². The third kappa shape index (κ3) is 2.36. The largest absolute Gasteiger partial charge is 0.491 e. The molecule has 88 valence electrons. The molecule has 4 heteroatoms. The van der Waals surface area contributed by atoms with Crippen molar-refractivity contribution in [1.29, 1.82) is 0 Å². The normalized spacial score (nSPS) is 10.1. The first-order valence-corrected chi connectivity index (χ1v) is 5.25. The average Bonchev–Trinajstić information content (AvgIpc) is 2.38. The van der Waals surface area contributed by atoms with Crippen LogP contribution in [0.1, 0.15) is 5.56 Å². The van der Waals surface area contributed by atoms with Crippen molar-refractivity contribution >= 4 is 0 Å². The van der Waals surface area contributed by atoms with E-state index >= 15 is 0 Å². The number of methoxy groups -OCH3 is 2. The van der Waals surface area contributed by atoms with E-state index in [1.165, 1.54) is 0 Å². The molecule has 0 aliphatic rings. The zero-order valence-corrected chi connectivity index (χ0v) is 10.1. The Hall–Kier alpha value is -2.10. The maximum atomic E-state index is 5.21. The lowest BCUT2D eigenvalue weighted by Gasteiger charge is -2.08. The molecule has 0 atom stereocenters. The van der Waals surface area contributed by atoms with Gasteiger partial charge in [-0.3, -0.25) is 4.98 Å². The van der Waals surface area contributed by atoms with Gasteiger partial charge in [0.25, 0.3) is 5.88 Å². The Morgan fingerprint density at radius 3 is 2.53 bits per heavy atom. The zero-order chi connectivity index (χ0) is 12.3. The van der Waals surface area contributed by atoms with Crippen molar-refractivity contribution in [3.8, 4) is 22.9 Å². The summed E-state index contributed by atoms with van der Waals surface area (Å²) in [4.78, 5) is 8.49. The number of aromatic nitrogens is 2. The topological polar surface area (TPSA) is 44.2 Å². The highest BCUT2D eigenvalue weighted by Crippen LogP contribution is 2.28. The molecule has 0 radical (unpaired) electrons. The van der Waals surface area contributed by atoms with Gasteiger partial charge < -0.3 is 9.47 Å². The lowest BCUT2D eigenvalue weighted by molar-refractivity contribution is 0.343. The van der Waals surface area contributed by atoms with Crippen LogP contribution in [0, 0.1) is 6.92 Å². The van der Waals surface area contributed by atoms with Crippen LogP contribution in [0.2, 0.25) is 0 Å². The van der Waals surface area contributed by atoms with Crippen molar-refractivity contribution < 1.29 is 9.47 Å². The van der Waals surface area contributed by atoms with Crippen molar-refractivity contribution in [2.24, 2.45) is 0 Å². The van der Waals surface area contributed by atoms with E-state index in [0.717, 1.165) is 16.8 Å². The second-order valence-corrected chi connectivity index (χ2v) is 3.65. The number of hydrogen-bond donors (Lipinski definition) is 0. The minimum absolute atomic E-state index is 0.476. The Morgan fingerprint density at radius 2 is 1.88 bits per heavy atom. The van der Waals surface area contributed by atoms with Gasteiger partial charge in [-0.1, -0.05) is 0 Å². The third-order valence-corrected chi connectivity index (χ3v) is 2.44. The van der Waals surface area contributed by atoms with Crippen LogP contribution in [0.3, 0.4) is 0 Å². The summed E-state index contributed by atoms with van der Waals surface area (Å²) in [7, 11) is 3.16. The average molecular weight is 230 g/mol. The van der Waals surface area contributed by atoms with E-state index in [1.54, 1.807) is 26.6 Å². The lowest BCUT2D eigenvalue weighted by atomic mass is 10.1. The highest BCUT2D eigenvalue weighted by atomic mass is 16.5. The molecule has 2 rings (SSSR count). The van der Waals surface area contributed by atoms with Gasteiger partial charge in [0.1, 0.15) is 0 Å². The van der Waals surface area contributed by atoms with Crippen molar-refractivity contribution in [2.45, 2.75) is 6.92 Å². The van der Waals surface area contributed by atoms with Gasteiger partial charge in [0, 0.05) is 18.0 Å². The van der Waals surface area contributed by atoms with E-state index < -0.39 is 0 Å². The Bertz CT molecular complexity index is 527. The second kappa shape index (κ2) is 4.82. The summed E-state index contributed by atoms with van der Waals surface area (Å²) >= 11 is 0. The van der Waals surface area contributed by atoms with Crippen LogP contribution in [-0.4, -0.2) is 24.2 Å². The van der Waals surface area contributed by atoms with Crippen LogP contribution >= 0.6 is 0 Å². The summed E-state index contributed by atoms with van der Waals surface area (Å²) in [6, 6.07) is 5.83. The molecule has 0 spiro atoms. The van der Waals surface area contributed by atoms with E-state index in [1.807, 2.05) is 25.1 Å². The molecule has 2 heterocycles. The first-order chi connectivity index (χ1) is 8.24. The Balaban J connectivity index is 2.46. The zero-order valence-electron chi connectivity index (χ0n) is 10.1. The number of aryl methyl sites for hydroxylation is 1. The predicted molar refractivity (Wildman–Crippen MR) is 65.3 cm³/mol. The number of hydrogen-bond acceptors (Lipinski definition) is 4. The molecule has 0 bridgehead atoms. The van der Waals surface area contributed by atoms with Gasteiger partial charge in [0.15, 0.2) is 5.75 Å². The van der Waals surface area contributed by atoms with E-state index in [9.17, 15) is 0 Å². The summed E-state index contributed by atoms with van der Waals surface area (Å²) in [6.07, 6.45) is 3.50. The maximum Gasteiger partial charge on any atom is 0.256 e. The van der Waals surface area contributed by atoms with Gasteiger partial charge in [-0.15, -0.1) is 0 Å². The van der Waals surface area contributed by atoms with Crippen LogP contribution in [0.5, 0.6) is 11.6 Å². The van der Waals surface area contributed by atoms with Crippen LogP contribution in [0.25, 0.3) is 11.3 Å². The standard InChI is InChI=1S/C13H14N2O2/c1-9-4-5-14-11(6-9)10-7-12(16-2)13(17-3)15-8-10/h4-8H,1-3H3. The Morgan fingerprint density at radius 1 is 1.06 bits per heavy atom. The summed E-state index contributed by atoms with van der Waals surface area (Å²) in [6.45, 7) is 2.03. The first-order valence-electron chi connectivity index (χ1n) is 5.25. The predicted octanol–water partition coefficient (Wildman–Crippen LogP) is 2.47. The van der Waals surface area contributed by atoms with Crippen LogP contribution in [0.4, 0.5) is 0 Å². The molecule has 0 unspecified atom stereocenters. The molecule has 0 aliphatic carbocycles. The Kier molecular flexibility index (Phi) is 3.23. The van der Waals surface area contributed by atoms with Gasteiger partial charge in [-0.25, -0.2) is 4.98 Å². The van der Waals surface area contributed by atoms with Gasteiger partial charge >= 0.3 is 0 Å². The molecule has 0 fully saturated rings. The number of ether oxygens (including phenoxy) is 2. The summed E-state index contributed by atoms with van der Waals surface area (Å²) in [5.74, 6) is 1.08. The molecule has 0 aromatic carbocycles. The molecule has 0 amide bonds. The fourth-order valence-corrected chi connectivity index (χ4v) is 1.57. The van der Waals surface area contributed by atoms with E-state index in [-0.39, 0.29) is 0 Å². The third-order valence-electron chi connectivity index (χ3n) is 2.44. The van der Waals surface area contributed by atoms with Crippen molar-refractivity contribution in [1.82, 2.24) is 9.97 Å². The highest BCUT2D eigenvalue weighted by molar-refractivity contribution is 5.61. The molecule has 0 aliphatic heterocycles. The molecular formula is C13H14N2O2. The second-order valence-electron chi connectivity index (χ2n) is 3.65. The number of nitrogens with zero attached hydrogens (tertiary/aromatic N) is 2.